The molecule has 0 aliphatic carbocycles. The Bertz CT molecular complexity index is 655. The van der Waals surface area contributed by atoms with Gasteiger partial charge in [-0.15, -0.1) is 0 Å². The summed E-state index contributed by atoms with van der Waals surface area (Å²) < 4.78 is 24.3. The van der Waals surface area contributed by atoms with E-state index < -0.39 is 0 Å². The zero-order valence-electron chi connectivity index (χ0n) is 17.5. The first-order valence-electron chi connectivity index (χ1n) is 9.51. The van der Waals surface area contributed by atoms with Crippen LogP contribution in [0.2, 0.25) is 0 Å². The molecule has 0 aromatic heterocycles. The van der Waals surface area contributed by atoms with Gasteiger partial charge in [-0.05, 0) is 0 Å². The Morgan fingerprint density at radius 3 is 2.57 bits per heavy atom. The molecule has 0 atom stereocenters. The molecule has 1 heterocycles. The van der Waals surface area contributed by atoms with Crippen LogP contribution in [-0.2, 0) is 9.47 Å². The van der Waals surface area contributed by atoms with Crippen molar-refractivity contribution in [1.82, 2.24) is 4.90 Å². The first kappa shape index (κ1) is 23.5. The number of hydrogen-bond donors (Lipinski definition) is 0. The summed E-state index contributed by atoms with van der Waals surface area (Å²) in [4.78, 5) is 2.16. The van der Waals surface area contributed by atoms with Gasteiger partial charge in [0.2, 0.25) is 0 Å². The topological polar surface area (TPSA) is 43.3 Å². The number of thioether (sulfide) groups is 1. The summed E-state index contributed by atoms with van der Waals surface area (Å²) in [6.45, 7) is 8.74. The molecule has 158 valence electrons. The maximum absolute atomic E-state index is 6.02. The number of nitrogens with zero attached hydrogens (tertiary/aromatic N) is 2. The Morgan fingerprint density at radius 1 is 1.14 bits per heavy atom. The van der Waals surface area contributed by atoms with Crippen LogP contribution in [-0.4, -0.2) is 61.8 Å². The molecule has 1 aromatic rings. The van der Waals surface area contributed by atoms with Gasteiger partial charge < -0.3 is 0 Å². The van der Waals surface area contributed by atoms with Gasteiger partial charge in [-0.2, -0.15) is 0 Å². The average Bonchev–Trinajstić information content (AvgIpc) is 2.65. The van der Waals surface area contributed by atoms with Crippen LogP contribution in [0.25, 0.3) is 5.76 Å². The van der Waals surface area contributed by atoms with Crippen LogP contribution in [0, 0.1) is 0 Å². The SMILES string of the molecule is CN(C)CCCOc1ccc(C2=C[I-]N=C(CSCCOC(C)(C)C)O2)cc1. The van der Waals surface area contributed by atoms with Gasteiger partial charge in [-0.25, -0.2) is 0 Å². The second kappa shape index (κ2) is 12.0. The number of halogens is 1. The third-order valence-corrected chi connectivity index (χ3v) is 6.23. The Labute approximate surface area is 184 Å². The molecule has 0 bridgehead atoms. The molecular formula is C21H32IN2O3S-. The van der Waals surface area contributed by atoms with Gasteiger partial charge in [0.1, 0.15) is 0 Å². The van der Waals surface area contributed by atoms with E-state index in [1.165, 1.54) is 0 Å². The van der Waals surface area contributed by atoms with Crippen molar-refractivity contribution >= 4 is 23.4 Å². The third-order valence-electron chi connectivity index (χ3n) is 3.66. The van der Waals surface area contributed by atoms with Gasteiger partial charge in [0, 0.05) is 0 Å². The van der Waals surface area contributed by atoms with Crippen molar-refractivity contribution in [3.05, 3.63) is 33.9 Å². The summed E-state index contributed by atoms with van der Waals surface area (Å²) in [7, 11) is 4.15. The van der Waals surface area contributed by atoms with Crippen molar-refractivity contribution < 1.29 is 35.7 Å². The van der Waals surface area contributed by atoms with E-state index in [0.717, 1.165) is 60.7 Å². The average molecular weight is 519 g/mol. The molecule has 1 aliphatic heterocycles. The summed E-state index contributed by atoms with van der Waals surface area (Å²) in [6, 6.07) is 8.14. The fraction of sp³-hybridized carbons (Fsp3) is 0.571. The van der Waals surface area contributed by atoms with Crippen LogP contribution in [0.15, 0.2) is 31.6 Å². The molecule has 0 fully saturated rings. The molecule has 5 nitrogen and oxygen atoms in total. The van der Waals surface area contributed by atoms with E-state index >= 15 is 0 Å². The fourth-order valence-electron chi connectivity index (χ4n) is 2.32. The summed E-state index contributed by atoms with van der Waals surface area (Å²) in [5.41, 5.74) is 0.997. The third kappa shape index (κ3) is 9.62. The van der Waals surface area contributed by atoms with E-state index in [1.54, 1.807) is 11.8 Å². The molecule has 2 rings (SSSR count). The van der Waals surface area contributed by atoms with Crippen molar-refractivity contribution in [3.8, 4) is 5.75 Å². The van der Waals surface area contributed by atoms with Crippen molar-refractivity contribution in [1.29, 1.82) is 0 Å². The normalized spacial score (nSPS) is 14.8. The van der Waals surface area contributed by atoms with E-state index in [4.69, 9.17) is 14.2 Å². The second-order valence-electron chi connectivity index (χ2n) is 7.69. The van der Waals surface area contributed by atoms with Gasteiger partial charge in [0.05, 0.1) is 0 Å². The first-order valence-corrected chi connectivity index (χ1v) is 12.9. The minimum atomic E-state index is -0.343. The molecule has 0 radical (unpaired) electrons. The van der Waals surface area contributed by atoms with Crippen LogP contribution in [0.1, 0.15) is 32.8 Å². The molecule has 1 aromatic carbocycles. The predicted octanol–water partition coefficient (Wildman–Crippen LogP) is 1.30. The van der Waals surface area contributed by atoms with E-state index in [2.05, 4.69) is 59.2 Å². The maximum atomic E-state index is 6.02. The van der Waals surface area contributed by atoms with Crippen molar-refractivity contribution in [2.75, 3.05) is 45.4 Å². The number of ether oxygens (including phenoxy) is 3. The van der Waals surface area contributed by atoms with E-state index in [9.17, 15) is 0 Å². The zero-order valence-corrected chi connectivity index (χ0v) is 20.5. The van der Waals surface area contributed by atoms with Crippen molar-refractivity contribution in [2.24, 2.45) is 3.21 Å². The van der Waals surface area contributed by atoms with Crippen LogP contribution < -0.4 is 26.2 Å². The first-order chi connectivity index (χ1) is 13.3. The molecular weight excluding hydrogens is 487 g/mol. The predicted molar refractivity (Wildman–Crippen MR) is 115 cm³/mol. The second-order valence-corrected chi connectivity index (χ2v) is 10.5. The molecule has 7 heteroatoms. The van der Waals surface area contributed by atoms with Crippen LogP contribution in [0.4, 0.5) is 0 Å². The zero-order chi connectivity index (χ0) is 20.4. The van der Waals surface area contributed by atoms with Crippen molar-refractivity contribution in [2.45, 2.75) is 32.8 Å². The summed E-state index contributed by atoms with van der Waals surface area (Å²) in [5.74, 6) is 4.38. The summed E-state index contributed by atoms with van der Waals surface area (Å²) in [6.07, 6.45) is 1.02. The number of hydrogen-bond acceptors (Lipinski definition) is 6. The Balaban J connectivity index is 1.73. The molecule has 0 unspecified atom stereocenters. The van der Waals surface area contributed by atoms with Crippen molar-refractivity contribution in [3.63, 3.8) is 0 Å². The number of benzene rings is 1. The Morgan fingerprint density at radius 2 is 1.89 bits per heavy atom. The number of rotatable bonds is 11. The minimum absolute atomic E-state index is 0.0803. The standard InChI is InChI=1S/C21H32IN2O3S/c1-21(2,3)26-13-14-28-16-20-23-22-15-19(27-20)17-7-9-18(10-8-17)25-12-6-11-24(4)5/h7-10,15H,6,11-14,16H2,1-5H3/q-1. The van der Waals surface area contributed by atoms with Crippen LogP contribution in [0.5, 0.6) is 5.75 Å². The molecule has 0 saturated heterocycles. The van der Waals surface area contributed by atoms with Gasteiger partial charge in [0.15, 0.2) is 0 Å². The van der Waals surface area contributed by atoms with Crippen LogP contribution in [0.3, 0.4) is 0 Å². The van der Waals surface area contributed by atoms with Crippen LogP contribution >= 0.6 is 11.8 Å². The molecule has 0 spiro atoms. The molecule has 1 aliphatic rings. The van der Waals surface area contributed by atoms with Gasteiger partial charge in [-0.3, -0.25) is 0 Å². The molecule has 0 amide bonds. The Kier molecular flexibility index (Phi) is 10.1. The molecule has 28 heavy (non-hydrogen) atoms. The fourth-order valence-corrected chi connectivity index (χ4v) is 4.65. The molecule has 0 N–H and O–H groups in total. The quantitative estimate of drug-likeness (QED) is 0.326. The van der Waals surface area contributed by atoms with E-state index in [-0.39, 0.29) is 27.1 Å². The summed E-state index contributed by atoms with van der Waals surface area (Å²) in [5, 5.41) is 0. The van der Waals surface area contributed by atoms with Gasteiger partial charge in [0.25, 0.3) is 0 Å². The Hall–Kier alpha value is -0.770. The monoisotopic (exact) mass is 519 g/mol. The van der Waals surface area contributed by atoms with Gasteiger partial charge in [-0.1, -0.05) is 0 Å². The van der Waals surface area contributed by atoms with Gasteiger partial charge >= 0.3 is 185 Å². The van der Waals surface area contributed by atoms with E-state index in [0.29, 0.717) is 0 Å². The summed E-state index contributed by atoms with van der Waals surface area (Å²) >= 11 is 1.46. The van der Waals surface area contributed by atoms with E-state index in [1.807, 2.05) is 12.1 Å². The molecule has 0 saturated carbocycles.